The van der Waals surface area contributed by atoms with E-state index < -0.39 is 5.97 Å². The quantitative estimate of drug-likeness (QED) is 0.549. The second-order valence-electron chi connectivity index (χ2n) is 3.40. The number of hydrogen-bond acceptors (Lipinski definition) is 2. The molecule has 2 aliphatic rings. The van der Waals surface area contributed by atoms with Crippen molar-refractivity contribution >= 4 is 5.97 Å². The summed E-state index contributed by atoms with van der Waals surface area (Å²) in [6.07, 6.45) is 3.20. The zero-order valence-corrected chi connectivity index (χ0v) is 5.76. The summed E-state index contributed by atoms with van der Waals surface area (Å²) in [4.78, 5) is 10.5. The van der Waals surface area contributed by atoms with Crippen molar-refractivity contribution in [3.05, 3.63) is 0 Å². The minimum Gasteiger partial charge on any atom is -0.481 e. The molecule has 10 heavy (non-hydrogen) atoms. The van der Waals surface area contributed by atoms with E-state index in [0.29, 0.717) is 6.54 Å². The zero-order chi connectivity index (χ0) is 7.19. The van der Waals surface area contributed by atoms with Crippen LogP contribution in [0.4, 0.5) is 0 Å². The molecule has 2 N–H and O–H groups in total. The number of carbonyl (C=O) groups is 1. The summed E-state index contributed by atoms with van der Waals surface area (Å²) in [6, 6.07) is 0. The average molecular weight is 141 g/mol. The summed E-state index contributed by atoms with van der Waals surface area (Å²) in [5.74, 6) is -0.765. The predicted octanol–water partition coefficient (Wildman–Crippen LogP) is 0.213. The molecule has 2 rings (SSSR count). The third-order valence-corrected chi connectivity index (χ3v) is 2.56. The van der Waals surface area contributed by atoms with Crippen molar-refractivity contribution in [1.29, 1.82) is 0 Å². The van der Waals surface area contributed by atoms with Crippen molar-refractivity contribution in [2.45, 2.75) is 24.8 Å². The van der Waals surface area contributed by atoms with Crippen LogP contribution in [-0.2, 0) is 4.79 Å². The second kappa shape index (κ2) is 1.72. The van der Waals surface area contributed by atoms with Crippen molar-refractivity contribution in [3.8, 4) is 0 Å². The van der Waals surface area contributed by atoms with E-state index in [0.717, 1.165) is 6.42 Å². The van der Waals surface area contributed by atoms with Crippen molar-refractivity contribution in [2.75, 3.05) is 6.54 Å². The highest BCUT2D eigenvalue weighted by Gasteiger charge is 2.49. The molecule has 3 nitrogen and oxygen atoms in total. The maximum atomic E-state index is 10.5. The second-order valence-corrected chi connectivity index (χ2v) is 3.40. The molecule has 0 radical (unpaired) electrons. The van der Waals surface area contributed by atoms with Gasteiger partial charge in [0.2, 0.25) is 0 Å². The molecule has 0 aromatic heterocycles. The van der Waals surface area contributed by atoms with Gasteiger partial charge in [-0.3, -0.25) is 4.79 Å². The van der Waals surface area contributed by atoms with Gasteiger partial charge in [-0.2, -0.15) is 0 Å². The van der Waals surface area contributed by atoms with Crippen LogP contribution in [0.15, 0.2) is 0 Å². The summed E-state index contributed by atoms with van der Waals surface area (Å²) in [5.41, 5.74) is 0.267. The molecule has 56 valence electrons. The van der Waals surface area contributed by atoms with Gasteiger partial charge in [0, 0.05) is 12.1 Å². The van der Waals surface area contributed by atoms with E-state index in [-0.39, 0.29) is 11.5 Å². The van der Waals surface area contributed by atoms with Gasteiger partial charge in [-0.15, -0.1) is 0 Å². The van der Waals surface area contributed by atoms with E-state index in [1.807, 2.05) is 0 Å². The molecule has 1 aliphatic carbocycles. The van der Waals surface area contributed by atoms with Crippen LogP contribution in [0.2, 0.25) is 0 Å². The Balaban J connectivity index is 1.99. The molecule has 1 saturated heterocycles. The van der Waals surface area contributed by atoms with Crippen LogP contribution < -0.4 is 5.32 Å². The summed E-state index contributed by atoms with van der Waals surface area (Å²) in [5, 5.41) is 11.9. The molecule has 0 bridgehead atoms. The Morgan fingerprint density at radius 2 is 2.30 bits per heavy atom. The van der Waals surface area contributed by atoms with E-state index >= 15 is 0 Å². The first-order valence-electron chi connectivity index (χ1n) is 3.70. The van der Waals surface area contributed by atoms with Crippen LogP contribution in [0.25, 0.3) is 0 Å². The molecule has 1 atom stereocenters. The Morgan fingerprint density at radius 1 is 1.60 bits per heavy atom. The van der Waals surface area contributed by atoms with Gasteiger partial charge in [0.05, 0.1) is 5.92 Å². The lowest BCUT2D eigenvalue weighted by Crippen LogP contribution is -2.22. The van der Waals surface area contributed by atoms with Crippen molar-refractivity contribution in [2.24, 2.45) is 5.92 Å². The van der Waals surface area contributed by atoms with Gasteiger partial charge in [0.15, 0.2) is 0 Å². The fourth-order valence-electron chi connectivity index (χ4n) is 1.66. The normalized spacial score (nSPS) is 34.6. The third-order valence-electron chi connectivity index (χ3n) is 2.56. The highest BCUT2D eigenvalue weighted by atomic mass is 16.4. The molecular weight excluding hydrogens is 130 g/mol. The van der Waals surface area contributed by atoms with E-state index in [4.69, 9.17) is 5.11 Å². The molecule has 0 aromatic carbocycles. The van der Waals surface area contributed by atoms with Gasteiger partial charge < -0.3 is 10.4 Å². The first-order valence-corrected chi connectivity index (χ1v) is 3.70. The standard InChI is InChI=1S/C7H11NO2/c9-6(10)5-3-7(1-2-7)8-4-5/h5,8H,1-4H2,(H,9,10). The van der Waals surface area contributed by atoms with E-state index in [9.17, 15) is 4.79 Å². The van der Waals surface area contributed by atoms with Crippen LogP contribution in [0.5, 0.6) is 0 Å². The number of aliphatic carboxylic acids is 1. The lowest BCUT2D eigenvalue weighted by molar-refractivity contribution is -0.141. The van der Waals surface area contributed by atoms with Crippen molar-refractivity contribution < 1.29 is 9.90 Å². The van der Waals surface area contributed by atoms with Crippen molar-refractivity contribution in [3.63, 3.8) is 0 Å². The SMILES string of the molecule is O=C(O)C1CNC2(CC2)C1. The van der Waals surface area contributed by atoms with Crippen LogP contribution >= 0.6 is 0 Å². The molecule has 1 heterocycles. The fourth-order valence-corrected chi connectivity index (χ4v) is 1.66. The van der Waals surface area contributed by atoms with E-state index in [1.54, 1.807) is 0 Å². The average Bonchev–Trinajstić information content (AvgIpc) is 2.41. The monoisotopic (exact) mass is 141 g/mol. The lowest BCUT2D eigenvalue weighted by atomic mass is 10.1. The van der Waals surface area contributed by atoms with Crippen LogP contribution in [-0.4, -0.2) is 23.2 Å². The van der Waals surface area contributed by atoms with Gasteiger partial charge >= 0.3 is 5.97 Å². The van der Waals surface area contributed by atoms with Crippen LogP contribution in [0.1, 0.15) is 19.3 Å². The zero-order valence-electron chi connectivity index (χ0n) is 5.76. The Bertz CT molecular complexity index is 174. The maximum Gasteiger partial charge on any atom is 0.307 e. The number of rotatable bonds is 1. The lowest BCUT2D eigenvalue weighted by Gasteiger charge is -2.02. The third kappa shape index (κ3) is 0.814. The summed E-state index contributed by atoms with van der Waals surface area (Å²) in [7, 11) is 0. The molecule has 3 heteroatoms. The van der Waals surface area contributed by atoms with E-state index in [2.05, 4.69) is 5.32 Å². The minimum absolute atomic E-state index is 0.123. The molecule has 1 spiro atoms. The van der Waals surface area contributed by atoms with Crippen LogP contribution in [0, 0.1) is 5.92 Å². The molecular formula is C7H11NO2. The first-order chi connectivity index (χ1) is 4.72. The Hall–Kier alpha value is -0.570. The van der Waals surface area contributed by atoms with Gasteiger partial charge in [0.1, 0.15) is 0 Å². The molecule has 1 saturated carbocycles. The predicted molar refractivity (Wildman–Crippen MR) is 35.7 cm³/mol. The molecule has 2 fully saturated rings. The summed E-state index contributed by atoms with van der Waals surface area (Å²) >= 11 is 0. The smallest absolute Gasteiger partial charge is 0.307 e. The fraction of sp³-hybridized carbons (Fsp3) is 0.857. The van der Waals surface area contributed by atoms with E-state index in [1.165, 1.54) is 12.8 Å². The Kier molecular flexibility index (Phi) is 1.06. The number of carboxylic acid groups (broad SMARTS) is 1. The van der Waals surface area contributed by atoms with Crippen LogP contribution in [0.3, 0.4) is 0 Å². The summed E-state index contributed by atoms with van der Waals surface area (Å²) in [6.45, 7) is 0.676. The van der Waals surface area contributed by atoms with Gasteiger partial charge in [-0.25, -0.2) is 0 Å². The maximum absolute atomic E-state index is 10.5. The van der Waals surface area contributed by atoms with Gasteiger partial charge in [0.25, 0.3) is 0 Å². The number of hydrogen-bond donors (Lipinski definition) is 2. The molecule has 0 amide bonds. The molecule has 1 aliphatic heterocycles. The first kappa shape index (κ1) is 6.16. The number of carboxylic acids is 1. The Morgan fingerprint density at radius 3 is 2.60 bits per heavy atom. The highest BCUT2D eigenvalue weighted by molar-refractivity contribution is 5.71. The molecule has 1 unspecified atom stereocenters. The Labute approximate surface area is 59.4 Å². The minimum atomic E-state index is -0.642. The van der Waals surface area contributed by atoms with Gasteiger partial charge in [-0.1, -0.05) is 0 Å². The highest BCUT2D eigenvalue weighted by Crippen LogP contribution is 2.44. The topological polar surface area (TPSA) is 49.3 Å². The number of nitrogens with one attached hydrogen (secondary N) is 1. The van der Waals surface area contributed by atoms with Gasteiger partial charge in [-0.05, 0) is 19.3 Å². The van der Waals surface area contributed by atoms with Crippen molar-refractivity contribution in [1.82, 2.24) is 5.32 Å². The molecule has 0 aromatic rings. The largest absolute Gasteiger partial charge is 0.481 e. The summed E-state index contributed by atoms with van der Waals surface area (Å²) < 4.78 is 0.